The number of oxazole rings is 1. The number of nitrogens with two attached hydrogens (primary N) is 1. The molecule has 0 aliphatic carbocycles. The van der Waals surface area contributed by atoms with Gasteiger partial charge in [-0.05, 0) is 12.1 Å². The summed E-state index contributed by atoms with van der Waals surface area (Å²) in [5.41, 5.74) is 7.65. The zero-order valence-electron chi connectivity index (χ0n) is 10.6. The average Bonchev–Trinajstić information content (AvgIpc) is 2.77. The molecule has 0 aliphatic rings. The lowest BCUT2D eigenvalue weighted by molar-refractivity contribution is 0.0970. The van der Waals surface area contributed by atoms with Gasteiger partial charge in [-0.3, -0.25) is 9.36 Å². The van der Waals surface area contributed by atoms with Crippen LogP contribution in [0.1, 0.15) is 10.4 Å². The number of carbonyl (C=O) groups is 1. The van der Waals surface area contributed by atoms with Crippen LogP contribution in [0.3, 0.4) is 0 Å². The van der Waals surface area contributed by atoms with Gasteiger partial charge in [0, 0.05) is 5.56 Å². The van der Waals surface area contributed by atoms with Gasteiger partial charge < -0.3 is 10.2 Å². The number of rotatable bonds is 3. The normalized spacial score (nSPS) is 10.8. The van der Waals surface area contributed by atoms with Gasteiger partial charge in [0.25, 0.3) is 0 Å². The zero-order chi connectivity index (χ0) is 14.1. The molecule has 0 saturated carbocycles. The molecule has 2 N–H and O–H groups in total. The molecule has 20 heavy (non-hydrogen) atoms. The Hall–Kier alpha value is -2.82. The van der Waals surface area contributed by atoms with Crippen LogP contribution in [0.15, 0.2) is 57.7 Å². The van der Waals surface area contributed by atoms with E-state index in [4.69, 9.17) is 10.2 Å². The van der Waals surface area contributed by atoms with E-state index in [1.54, 1.807) is 42.5 Å². The van der Waals surface area contributed by atoms with Gasteiger partial charge in [-0.1, -0.05) is 36.4 Å². The lowest BCUT2D eigenvalue weighted by atomic mass is 10.1. The van der Waals surface area contributed by atoms with E-state index in [0.29, 0.717) is 22.4 Å². The van der Waals surface area contributed by atoms with Gasteiger partial charge in [-0.25, -0.2) is 4.79 Å². The highest BCUT2D eigenvalue weighted by Gasteiger charge is 2.15. The number of para-hydroxylation sites is 1. The molecule has 100 valence electrons. The number of benzene rings is 2. The van der Waals surface area contributed by atoms with Crippen molar-refractivity contribution in [3.8, 4) is 0 Å². The van der Waals surface area contributed by atoms with Crippen molar-refractivity contribution in [3.63, 3.8) is 0 Å². The smallest absolute Gasteiger partial charge is 0.408 e. The lowest BCUT2D eigenvalue weighted by Crippen LogP contribution is -2.20. The number of hydrogen-bond acceptors (Lipinski definition) is 4. The fraction of sp³-hybridized carbons (Fsp3) is 0.0667. The Morgan fingerprint density at radius 2 is 1.85 bits per heavy atom. The van der Waals surface area contributed by atoms with E-state index in [-0.39, 0.29) is 12.3 Å². The SMILES string of the molecule is Nc1cccc2oc(=O)n(CC(=O)c3ccccc3)c12. The minimum absolute atomic E-state index is 0.0932. The number of Topliss-reactive ketones (excluding diaryl/α,β-unsaturated/α-hetero) is 1. The van der Waals surface area contributed by atoms with Gasteiger partial charge in [-0.2, -0.15) is 0 Å². The molecule has 0 aliphatic heterocycles. The van der Waals surface area contributed by atoms with E-state index >= 15 is 0 Å². The number of fused-ring (bicyclic) bond motifs is 1. The number of anilines is 1. The van der Waals surface area contributed by atoms with E-state index in [1.807, 2.05) is 6.07 Å². The van der Waals surface area contributed by atoms with Gasteiger partial charge in [0.2, 0.25) is 0 Å². The Morgan fingerprint density at radius 3 is 2.60 bits per heavy atom. The van der Waals surface area contributed by atoms with Crippen LogP contribution in [0.2, 0.25) is 0 Å². The number of nitrogen functional groups attached to an aromatic ring is 1. The standard InChI is InChI=1S/C15H12N2O3/c16-11-7-4-8-13-14(11)17(15(19)20-13)9-12(18)10-5-2-1-3-6-10/h1-8H,9,16H2. The Bertz CT molecular complexity index is 831. The molecule has 0 amide bonds. The van der Waals surface area contributed by atoms with Crippen molar-refractivity contribution in [2.75, 3.05) is 5.73 Å². The fourth-order valence-electron chi connectivity index (χ4n) is 2.15. The van der Waals surface area contributed by atoms with E-state index in [1.165, 1.54) is 4.57 Å². The first kappa shape index (κ1) is 12.2. The summed E-state index contributed by atoms with van der Waals surface area (Å²) < 4.78 is 6.36. The largest absolute Gasteiger partial charge is 0.420 e. The predicted octanol–water partition coefficient (Wildman–Crippen LogP) is 2.06. The van der Waals surface area contributed by atoms with Crippen molar-refractivity contribution in [1.82, 2.24) is 4.57 Å². The zero-order valence-corrected chi connectivity index (χ0v) is 10.6. The van der Waals surface area contributed by atoms with Gasteiger partial charge >= 0.3 is 5.76 Å². The van der Waals surface area contributed by atoms with Crippen molar-refractivity contribution >= 4 is 22.6 Å². The number of nitrogens with zero attached hydrogens (tertiary/aromatic N) is 1. The van der Waals surface area contributed by atoms with Gasteiger partial charge in [0.15, 0.2) is 11.4 Å². The predicted molar refractivity (Wildman–Crippen MR) is 75.7 cm³/mol. The van der Waals surface area contributed by atoms with Crippen LogP contribution in [0.25, 0.3) is 11.1 Å². The first-order valence-electron chi connectivity index (χ1n) is 6.13. The van der Waals surface area contributed by atoms with Gasteiger partial charge in [-0.15, -0.1) is 0 Å². The molecule has 3 aromatic rings. The number of hydrogen-bond donors (Lipinski definition) is 1. The lowest BCUT2D eigenvalue weighted by Gasteiger charge is -2.03. The minimum atomic E-state index is -0.581. The molecule has 0 radical (unpaired) electrons. The second-order valence-corrected chi connectivity index (χ2v) is 4.44. The van der Waals surface area contributed by atoms with Crippen LogP contribution in [0, 0.1) is 0 Å². The third-order valence-corrected chi connectivity index (χ3v) is 3.12. The van der Waals surface area contributed by atoms with Crippen molar-refractivity contribution in [3.05, 3.63) is 64.6 Å². The third-order valence-electron chi connectivity index (χ3n) is 3.12. The summed E-state index contributed by atoms with van der Waals surface area (Å²) in [6.07, 6.45) is 0. The molecule has 5 heteroatoms. The van der Waals surface area contributed by atoms with Crippen LogP contribution in [0.5, 0.6) is 0 Å². The summed E-state index contributed by atoms with van der Waals surface area (Å²) in [6, 6.07) is 13.8. The molecule has 0 fully saturated rings. The molecule has 0 saturated heterocycles. The van der Waals surface area contributed by atoms with Crippen LogP contribution in [-0.4, -0.2) is 10.4 Å². The summed E-state index contributed by atoms with van der Waals surface area (Å²) in [5.74, 6) is -0.749. The molecule has 5 nitrogen and oxygen atoms in total. The molecular formula is C15H12N2O3. The molecular weight excluding hydrogens is 256 g/mol. The van der Waals surface area contributed by atoms with E-state index in [9.17, 15) is 9.59 Å². The van der Waals surface area contributed by atoms with E-state index < -0.39 is 5.76 Å². The molecule has 1 heterocycles. The van der Waals surface area contributed by atoms with Crippen molar-refractivity contribution < 1.29 is 9.21 Å². The number of ketones is 1. The maximum absolute atomic E-state index is 12.2. The summed E-state index contributed by atoms with van der Waals surface area (Å²) in [4.78, 5) is 24.0. The highest BCUT2D eigenvalue weighted by Crippen LogP contribution is 2.20. The summed E-state index contributed by atoms with van der Waals surface area (Å²) in [5, 5.41) is 0. The molecule has 0 bridgehead atoms. The second kappa shape index (κ2) is 4.70. The third kappa shape index (κ3) is 1.99. The summed E-state index contributed by atoms with van der Waals surface area (Å²) in [6.45, 7) is -0.0932. The maximum Gasteiger partial charge on any atom is 0.420 e. The van der Waals surface area contributed by atoms with E-state index in [0.717, 1.165) is 0 Å². The van der Waals surface area contributed by atoms with Crippen LogP contribution < -0.4 is 11.5 Å². The Labute approximate surface area is 114 Å². The first-order chi connectivity index (χ1) is 9.66. The molecule has 0 atom stereocenters. The fourth-order valence-corrected chi connectivity index (χ4v) is 2.15. The average molecular weight is 268 g/mol. The second-order valence-electron chi connectivity index (χ2n) is 4.44. The highest BCUT2D eigenvalue weighted by atomic mass is 16.4. The van der Waals surface area contributed by atoms with Crippen molar-refractivity contribution in [2.24, 2.45) is 0 Å². The van der Waals surface area contributed by atoms with E-state index in [2.05, 4.69) is 0 Å². The highest BCUT2D eigenvalue weighted by molar-refractivity contribution is 5.97. The Balaban J connectivity index is 2.06. The van der Waals surface area contributed by atoms with Crippen LogP contribution in [-0.2, 0) is 6.54 Å². The minimum Gasteiger partial charge on any atom is -0.408 e. The molecule has 3 rings (SSSR count). The van der Waals surface area contributed by atoms with Gasteiger partial charge in [0.1, 0.15) is 5.52 Å². The summed E-state index contributed by atoms with van der Waals surface area (Å²) >= 11 is 0. The molecule has 0 spiro atoms. The molecule has 2 aromatic carbocycles. The summed E-state index contributed by atoms with van der Waals surface area (Å²) in [7, 11) is 0. The monoisotopic (exact) mass is 268 g/mol. The maximum atomic E-state index is 12.2. The number of carbonyl (C=O) groups excluding carboxylic acids is 1. The molecule has 1 aromatic heterocycles. The quantitative estimate of drug-likeness (QED) is 0.582. The topological polar surface area (TPSA) is 78.2 Å². The number of aromatic nitrogens is 1. The van der Waals surface area contributed by atoms with Gasteiger partial charge in [0.05, 0.1) is 12.2 Å². The Morgan fingerprint density at radius 1 is 1.10 bits per heavy atom. The van der Waals surface area contributed by atoms with Crippen molar-refractivity contribution in [1.29, 1.82) is 0 Å². The van der Waals surface area contributed by atoms with Crippen LogP contribution >= 0.6 is 0 Å². The van der Waals surface area contributed by atoms with Crippen molar-refractivity contribution in [2.45, 2.75) is 6.54 Å². The first-order valence-corrected chi connectivity index (χ1v) is 6.13. The molecule has 0 unspecified atom stereocenters. The Kier molecular flexibility index (Phi) is 2.87. The van der Waals surface area contributed by atoms with Crippen LogP contribution in [0.4, 0.5) is 5.69 Å².